The number of amides is 2. The highest BCUT2D eigenvalue weighted by molar-refractivity contribution is 6.02. The summed E-state index contributed by atoms with van der Waals surface area (Å²) in [5.41, 5.74) is 3.16. The van der Waals surface area contributed by atoms with E-state index in [1.807, 2.05) is 43.3 Å². The maximum Gasteiger partial charge on any atom is 0.249 e. The number of fused-ring (bicyclic) bond motifs is 1. The third-order valence-electron chi connectivity index (χ3n) is 6.06. The molecule has 0 aliphatic carbocycles. The van der Waals surface area contributed by atoms with Crippen LogP contribution in [0.15, 0.2) is 95.6 Å². The lowest BCUT2D eigenvalue weighted by atomic mass is 10.0. The molecule has 5 rings (SSSR count). The molecule has 0 aliphatic rings. The smallest absolute Gasteiger partial charge is 0.249 e. The lowest BCUT2D eigenvalue weighted by Gasteiger charge is -2.32. The van der Waals surface area contributed by atoms with Crippen molar-refractivity contribution in [3.8, 4) is 0 Å². The van der Waals surface area contributed by atoms with Gasteiger partial charge in [0.05, 0.1) is 18.3 Å². The Kier molecular flexibility index (Phi) is 6.76. The molecule has 3 aromatic carbocycles. The van der Waals surface area contributed by atoms with Crippen LogP contribution in [0, 0.1) is 12.7 Å². The van der Waals surface area contributed by atoms with Crippen molar-refractivity contribution >= 4 is 28.5 Å². The van der Waals surface area contributed by atoms with Gasteiger partial charge in [-0.2, -0.15) is 0 Å². The first-order chi connectivity index (χ1) is 18.0. The maximum absolute atomic E-state index is 14.0. The first-order valence-corrected chi connectivity index (χ1v) is 11.7. The summed E-state index contributed by atoms with van der Waals surface area (Å²) in [6.45, 7) is 1.84. The monoisotopic (exact) mass is 497 g/mol. The minimum absolute atomic E-state index is 0.132. The Balaban J connectivity index is 1.57. The summed E-state index contributed by atoms with van der Waals surface area (Å²) in [5, 5.41) is 11.1. The molecule has 1 N–H and O–H groups in total. The lowest BCUT2D eigenvalue weighted by molar-refractivity contribution is -0.127. The van der Waals surface area contributed by atoms with E-state index in [1.165, 1.54) is 40.1 Å². The van der Waals surface area contributed by atoms with Crippen LogP contribution in [0.3, 0.4) is 0 Å². The molecule has 37 heavy (non-hydrogen) atoms. The molecule has 0 bridgehead atoms. The van der Waals surface area contributed by atoms with Gasteiger partial charge in [-0.3, -0.25) is 14.5 Å². The average molecular weight is 498 g/mol. The molecule has 5 aromatic rings. The number of aryl methyl sites for hydroxylation is 1. The van der Waals surface area contributed by atoms with Gasteiger partial charge >= 0.3 is 0 Å². The van der Waals surface area contributed by atoms with Gasteiger partial charge in [-0.15, -0.1) is 5.10 Å². The van der Waals surface area contributed by atoms with Crippen molar-refractivity contribution in [2.45, 2.75) is 26.1 Å². The molecule has 0 spiro atoms. The van der Waals surface area contributed by atoms with Crippen LogP contribution in [0.2, 0.25) is 0 Å². The SMILES string of the molecule is Cc1ccccc1N(C(=O)Cn1nnc2ccccc21)[C@@H](C(=O)NCc1ccco1)c1ccc(F)cc1. The van der Waals surface area contributed by atoms with Crippen molar-refractivity contribution in [2.75, 3.05) is 4.90 Å². The molecule has 0 fully saturated rings. The van der Waals surface area contributed by atoms with Gasteiger partial charge in [0.15, 0.2) is 0 Å². The second-order valence-electron chi connectivity index (χ2n) is 8.54. The number of carbonyl (C=O) groups excluding carboxylic acids is 2. The van der Waals surface area contributed by atoms with Gasteiger partial charge in [0.25, 0.3) is 0 Å². The zero-order chi connectivity index (χ0) is 25.8. The van der Waals surface area contributed by atoms with Gasteiger partial charge in [-0.25, -0.2) is 9.07 Å². The van der Waals surface area contributed by atoms with Gasteiger partial charge in [0.2, 0.25) is 11.8 Å². The number of halogens is 1. The zero-order valence-corrected chi connectivity index (χ0v) is 20.0. The van der Waals surface area contributed by atoms with E-state index < -0.39 is 17.8 Å². The van der Waals surface area contributed by atoms with Gasteiger partial charge in [0, 0.05) is 5.69 Å². The van der Waals surface area contributed by atoms with Gasteiger partial charge in [-0.1, -0.05) is 47.7 Å². The summed E-state index contributed by atoms with van der Waals surface area (Å²) in [6, 6.07) is 22.6. The predicted octanol–water partition coefficient (Wildman–Crippen LogP) is 4.56. The van der Waals surface area contributed by atoms with Crippen molar-refractivity contribution in [1.29, 1.82) is 0 Å². The molecule has 2 heterocycles. The fraction of sp³-hybridized carbons (Fsp3) is 0.143. The molecule has 8 nitrogen and oxygen atoms in total. The van der Waals surface area contributed by atoms with E-state index in [9.17, 15) is 14.0 Å². The van der Waals surface area contributed by atoms with E-state index in [0.717, 1.165) is 5.56 Å². The van der Waals surface area contributed by atoms with E-state index in [0.29, 0.717) is 28.0 Å². The zero-order valence-electron chi connectivity index (χ0n) is 20.0. The summed E-state index contributed by atoms with van der Waals surface area (Å²) in [7, 11) is 0. The van der Waals surface area contributed by atoms with Crippen molar-refractivity contribution in [3.05, 3.63) is 114 Å². The maximum atomic E-state index is 14.0. The number of carbonyl (C=O) groups is 2. The molecule has 0 saturated heterocycles. The van der Waals surface area contributed by atoms with Crippen LogP contribution in [0.1, 0.15) is 22.9 Å². The first kappa shape index (κ1) is 23.9. The molecule has 2 aromatic heterocycles. The predicted molar refractivity (Wildman–Crippen MR) is 136 cm³/mol. The van der Waals surface area contributed by atoms with Crippen LogP contribution in [0.25, 0.3) is 11.0 Å². The molecule has 0 saturated carbocycles. The molecular formula is C28H24FN5O3. The van der Waals surface area contributed by atoms with Crippen molar-refractivity contribution in [3.63, 3.8) is 0 Å². The third kappa shape index (κ3) is 5.11. The Morgan fingerprint density at radius 1 is 1.00 bits per heavy atom. The van der Waals surface area contributed by atoms with Crippen LogP contribution < -0.4 is 10.2 Å². The average Bonchev–Trinajstić information content (AvgIpc) is 3.58. The number of hydrogen-bond donors (Lipinski definition) is 1. The molecule has 9 heteroatoms. The number of nitrogens with one attached hydrogen (secondary N) is 1. The summed E-state index contributed by atoms with van der Waals surface area (Å²) in [5.74, 6) is -0.703. The largest absolute Gasteiger partial charge is 0.467 e. The normalized spacial score (nSPS) is 11.8. The standard InChI is InChI=1S/C28H24FN5O3/c1-19-7-2-4-10-24(19)34(26(35)18-33-25-11-5-3-9-23(25)31-32-33)27(20-12-14-21(29)15-13-20)28(36)30-17-22-8-6-16-37-22/h2-16,27H,17-18H2,1H3,(H,30,36)/t27-/m1/s1. The number of anilines is 1. The lowest BCUT2D eigenvalue weighted by Crippen LogP contribution is -2.45. The van der Waals surface area contributed by atoms with Gasteiger partial charge in [-0.05, 0) is 60.5 Å². The number of para-hydroxylation sites is 2. The Morgan fingerprint density at radius 3 is 2.51 bits per heavy atom. The van der Waals surface area contributed by atoms with Crippen molar-refractivity contribution in [1.82, 2.24) is 20.3 Å². The summed E-state index contributed by atoms with van der Waals surface area (Å²) >= 11 is 0. The van der Waals surface area contributed by atoms with Crippen molar-refractivity contribution < 1.29 is 18.4 Å². The second-order valence-corrected chi connectivity index (χ2v) is 8.54. The van der Waals surface area contributed by atoms with E-state index in [1.54, 1.807) is 24.3 Å². The van der Waals surface area contributed by atoms with E-state index in [-0.39, 0.29) is 19.0 Å². The van der Waals surface area contributed by atoms with E-state index >= 15 is 0 Å². The molecule has 0 aliphatic heterocycles. The fourth-order valence-electron chi connectivity index (χ4n) is 4.24. The molecular weight excluding hydrogens is 473 g/mol. The molecule has 0 unspecified atom stereocenters. The van der Waals surface area contributed by atoms with Crippen molar-refractivity contribution in [2.24, 2.45) is 0 Å². The van der Waals surface area contributed by atoms with Crippen LogP contribution >= 0.6 is 0 Å². The van der Waals surface area contributed by atoms with Crippen LogP contribution in [0.4, 0.5) is 10.1 Å². The number of aromatic nitrogens is 3. The number of benzene rings is 3. The van der Waals surface area contributed by atoms with Gasteiger partial charge in [0.1, 0.15) is 29.7 Å². The van der Waals surface area contributed by atoms with E-state index in [2.05, 4.69) is 15.6 Å². The minimum Gasteiger partial charge on any atom is -0.467 e. The quantitative estimate of drug-likeness (QED) is 0.339. The number of rotatable bonds is 8. The number of nitrogens with zero attached hydrogens (tertiary/aromatic N) is 4. The highest BCUT2D eigenvalue weighted by atomic mass is 19.1. The summed E-state index contributed by atoms with van der Waals surface area (Å²) < 4.78 is 20.7. The molecule has 2 amide bonds. The summed E-state index contributed by atoms with van der Waals surface area (Å²) in [6.07, 6.45) is 1.52. The first-order valence-electron chi connectivity index (χ1n) is 11.7. The van der Waals surface area contributed by atoms with Crippen LogP contribution in [-0.2, 0) is 22.7 Å². The Morgan fingerprint density at radius 2 is 1.76 bits per heavy atom. The highest BCUT2D eigenvalue weighted by Gasteiger charge is 2.34. The van der Waals surface area contributed by atoms with E-state index in [4.69, 9.17) is 4.42 Å². The second kappa shape index (κ2) is 10.4. The highest BCUT2D eigenvalue weighted by Crippen LogP contribution is 2.31. The summed E-state index contributed by atoms with van der Waals surface area (Å²) in [4.78, 5) is 29.1. The molecule has 1 atom stereocenters. The van der Waals surface area contributed by atoms with Crippen LogP contribution in [-0.4, -0.2) is 26.8 Å². The minimum atomic E-state index is -1.08. The number of hydrogen-bond acceptors (Lipinski definition) is 5. The Hall–Kier alpha value is -4.79. The fourth-order valence-corrected chi connectivity index (χ4v) is 4.24. The van der Waals surface area contributed by atoms with Crippen LogP contribution in [0.5, 0.6) is 0 Å². The Bertz CT molecular complexity index is 1530. The Labute approximate surface area is 212 Å². The molecule has 0 radical (unpaired) electrons. The molecule has 186 valence electrons. The third-order valence-corrected chi connectivity index (χ3v) is 6.06. The number of furan rings is 1. The van der Waals surface area contributed by atoms with Gasteiger partial charge < -0.3 is 9.73 Å². The topological polar surface area (TPSA) is 93.3 Å².